The van der Waals surface area contributed by atoms with Gasteiger partial charge in [0.05, 0.1) is 24.4 Å². The monoisotopic (exact) mass is 670 g/mol. The van der Waals surface area contributed by atoms with E-state index in [1.54, 1.807) is 66.8 Å². The van der Waals surface area contributed by atoms with Crippen LogP contribution in [0.5, 0.6) is 0 Å². The minimum atomic E-state index is 0.216. The van der Waals surface area contributed by atoms with E-state index in [1.165, 1.54) is 47.9 Å². The molecule has 5 aromatic carbocycles. The molecule has 0 aromatic heterocycles. The van der Waals surface area contributed by atoms with Gasteiger partial charge in [-0.2, -0.15) is 0 Å². The van der Waals surface area contributed by atoms with Crippen LogP contribution in [0.1, 0.15) is 141 Å². The first-order valence-electron chi connectivity index (χ1n) is 20.1. The smallest absolute Gasteiger partial charge is 0.0872 e. The summed E-state index contributed by atoms with van der Waals surface area (Å²) >= 11 is 0. The Hall–Kier alpha value is -4.50. The maximum absolute atomic E-state index is 7.14. The molecule has 2 saturated heterocycles. The fraction of sp³-hybridized carbons (Fsp3) is 0.320. The quantitative estimate of drug-likeness (QED) is 0.153. The second-order valence-corrected chi connectivity index (χ2v) is 17.9. The van der Waals surface area contributed by atoms with Crippen molar-refractivity contribution in [2.24, 2.45) is 23.7 Å². The van der Waals surface area contributed by atoms with Crippen LogP contribution < -0.4 is 0 Å². The lowest BCUT2D eigenvalue weighted by molar-refractivity contribution is 0.0506. The molecule has 17 rings (SSSR count). The number of hydrogen-bond donors (Lipinski definition) is 0. The van der Waals surface area contributed by atoms with Crippen molar-refractivity contribution in [1.82, 2.24) is 0 Å². The number of rotatable bonds is 0. The van der Waals surface area contributed by atoms with E-state index in [0.29, 0.717) is 47.3 Å². The summed E-state index contributed by atoms with van der Waals surface area (Å²) in [5.41, 5.74) is 25.3. The molecule has 8 aliphatic carbocycles. The Morgan fingerprint density at radius 1 is 0.288 bits per heavy atom. The highest BCUT2D eigenvalue weighted by atomic mass is 16.5. The number of benzene rings is 5. The molecule has 0 spiro atoms. The van der Waals surface area contributed by atoms with Crippen molar-refractivity contribution < 1.29 is 9.47 Å². The van der Waals surface area contributed by atoms with Gasteiger partial charge in [0.25, 0.3) is 0 Å². The molecule has 2 fully saturated rings. The summed E-state index contributed by atoms with van der Waals surface area (Å²) in [5.74, 6) is 3.92. The summed E-state index contributed by atoms with van der Waals surface area (Å²) in [7, 11) is 0. The van der Waals surface area contributed by atoms with Crippen molar-refractivity contribution in [3.63, 3.8) is 0 Å². The zero-order valence-electron chi connectivity index (χ0n) is 29.0. The van der Waals surface area contributed by atoms with Gasteiger partial charge in [0.1, 0.15) is 0 Å². The zero-order valence-corrected chi connectivity index (χ0v) is 29.0. The summed E-state index contributed by atoms with van der Waals surface area (Å²) in [6.45, 7) is 0. The van der Waals surface area contributed by atoms with Crippen LogP contribution >= 0.6 is 0 Å². The third-order valence-corrected chi connectivity index (χ3v) is 16.3. The average Bonchev–Trinajstić information content (AvgIpc) is 3.97. The van der Waals surface area contributed by atoms with E-state index < -0.39 is 0 Å². The molecule has 0 saturated carbocycles. The first-order valence-corrected chi connectivity index (χ1v) is 20.1. The highest BCUT2D eigenvalue weighted by Gasteiger charge is 2.61. The van der Waals surface area contributed by atoms with Crippen LogP contribution in [0, 0.1) is 23.7 Å². The summed E-state index contributed by atoms with van der Waals surface area (Å²) in [5, 5.41) is 0. The lowest BCUT2D eigenvalue weighted by Gasteiger charge is -2.49. The van der Waals surface area contributed by atoms with Gasteiger partial charge < -0.3 is 9.47 Å². The van der Waals surface area contributed by atoms with Gasteiger partial charge in [0.15, 0.2) is 0 Å². The van der Waals surface area contributed by atoms with E-state index in [0.717, 1.165) is 0 Å². The van der Waals surface area contributed by atoms with Gasteiger partial charge in [-0.15, -0.1) is 0 Å². The molecule has 12 aliphatic rings. The van der Waals surface area contributed by atoms with E-state index in [2.05, 4.69) is 109 Å². The van der Waals surface area contributed by atoms with Gasteiger partial charge in [-0.3, -0.25) is 0 Å². The third kappa shape index (κ3) is 2.93. The molecule has 0 amide bonds. The Bertz CT molecular complexity index is 2150. The molecule has 0 N–H and O–H groups in total. The normalized spacial score (nSPS) is 37.4. The highest BCUT2D eigenvalue weighted by Crippen LogP contribution is 2.72. The molecule has 8 atom stereocenters. The van der Waals surface area contributed by atoms with Crippen molar-refractivity contribution in [3.05, 3.63) is 198 Å². The number of fused-ring (bicyclic) bond motifs is 16. The second kappa shape index (κ2) is 8.99. The van der Waals surface area contributed by atoms with Gasteiger partial charge in [-0.25, -0.2) is 0 Å². The predicted molar refractivity (Wildman–Crippen MR) is 199 cm³/mol. The largest absolute Gasteiger partial charge is 0.365 e. The van der Waals surface area contributed by atoms with Crippen molar-refractivity contribution in [3.8, 4) is 0 Å². The molecule has 52 heavy (non-hydrogen) atoms. The second-order valence-electron chi connectivity index (χ2n) is 17.9. The lowest BCUT2D eigenvalue weighted by atomic mass is 9.53. The van der Waals surface area contributed by atoms with Crippen LogP contribution in [0.2, 0.25) is 0 Å². The number of hydrogen-bond acceptors (Lipinski definition) is 2. The fourth-order valence-corrected chi connectivity index (χ4v) is 14.6. The number of ether oxygens (including phenoxy) is 2. The van der Waals surface area contributed by atoms with Crippen LogP contribution in [-0.4, -0.2) is 0 Å². The first-order chi connectivity index (χ1) is 25.8. The van der Waals surface area contributed by atoms with Gasteiger partial charge in [0, 0.05) is 23.7 Å². The molecule has 0 unspecified atom stereocenters. The summed E-state index contributed by atoms with van der Waals surface area (Å²) in [6.07, 6.45) is 5.57. The van der Waals surface area contributed by atoms with Crippen molar-refractivity contribution in [2.45, 2.75) is 73.8 Å². The Kier molecular flexibility index (Phi) is 4.69. The van der Waals surface area contributed by atoms with Gasteiger partial charge >= 0.3 is 0 Å². The van der Waals surface area contributed by atoms with E-state index in [-0.39, 0.29) is 24.4 Å². The molecule has 2 nitrogen and oxygen atoms in total. The topological polar surface area (TPSA) is 18.5 Å². The van der Waals surface area contributed by atoms with Crippen LogP contribution in [-0.2, 0) is 9.47 Å². The molecule has 2 heteroatoms. The summed E-state index contributed by atoms with van der Waals surface area (Å²) in [4.78, 5) is 0. The Morgan fingerprint density at radius 3 is 0.712 bits per heavy atom. The van der Waals surface area contributed by atoms with Crippen molar-refractivity contribution in [2.75, 3.05) is 0 Å². The molecule has 4 aliphatic heterocycles. The van der Waals surface area contributed by atoms with Gasteiger partial charge in [-0.1, -0.05) is 119 Å². The van der Waals surface area contributed by atoms with Crippen LogP contribution in [0.25, 0.3) is 0 Å². The van der Waals surface area contributed by atoms with Gasteiger partial charge in [-0.05, 0) is 128 Å². The minimum Gasteiger partial charge on any atom is -0.365 e. The Morgan fingerprint density at radius 2 is 0.500 bits per heavy atom. The molecule has 8 bridgehead atoms. The van der Waals surface area contributed by atoms with E-state index in [4.69, 9.17) is 9.47 Å². The maximum Gasteiger partial charge on any atom is 0.0872 e. The standard InChI is InChI=1S/C50H38O2/c1-2-10-24-23(9-1)43-25-11-3-4-12-26(25)44(24)32-18-36-35(17-31(32)43)47-39-21-41-42(22-40(39)48(36)51-47)50-38-20-34-33(19-37(38)49(41)52-50)45-27-13-5-7-15-29(27)46(34)30-16-8-6-14-28(30)45/h1-16,21-22,35-38,43-50H,17-20H2/t35-,36-,37+,38+,43?,44?,45?,46?,47+,48+,49-,50-. The molecular weight excluding hydrogens is 633 g/mol. The molecule has 5 aromatic rings. The Balaban J connectivity index is 0.798. The maximum atomic E-state index is 7.14. The molecule has 250 valence electrons. The third-order valence-electron chi connectivity index (χ3n) is 16.3. The first kappa shape index (κ1) is 27.2. The summed E-state index contributed by atoms with van der Waals surface area (Å²) < 4.78 is 14.3. The van der Waals surface area contributed by atoms with E-state index in [9.17, 15) is 0 Å². The van der Waals surface area contributed by atoms with Crippen LogP contribution in [0.3, 0.4) is 0 Å². The van der Waals surface area contributed by atoms with Gasteiger partial charge in [0.2, 0.25) is 0 Å². The zero-order chi connectivity index (χ0) is 33.1. The van der Waals surface area contributed by atoms with Crippen molar-refractivity contribution >= 4 is 0 Å². The van der Waals surface area contributed by atoms with Crippen molar-refractivity contribution in [1.29, 1.82) is 0 Å². The van der Waals surface area contributed by atoms with Crippen LogP contribution in [0.15, 0.2) is 131 Å². The Labute approximate surface area is 304 Å². The van der Waals surface area contributed by atoms with E-state index >= 15 is 0 Å². The SMILES string of the molecule is c1ccc2c(c1)C1C3=C(C[C@@H]4[C@@H](C3)[C@@H]3O[C@@H]4c4cc5c(cc43)[C@@H]3O[C@@H]5[C@H]4CC5=C(C[C@@H]43)C3c4ccccc4C5c4ccccc43)C2c2ccccc21. The highest BCUT2D eigenvalue weighted by molar-refractivity contribution is 5.68. The summed E-state index contributed by atoms with van der Waals surface area (Å²) in [6, 6.07) is 42.6. The lowest BCUT2D eigenvalue weighted by Crippen LogP contribution is -2.37. The minimum absolute atomic E-state index is 0.216. The van der Waals surface area contributed by atoms with E-state index in [1.807, 2.05) is 0 Å². The fourth-order valence-electron chi connectivity index (χ4n) is 14.6. The molecule has 0 radical (unpaired) electrons. The predicted octanol–water partition coefficient (Wildman–Crippen LogP) is 11.2. The van der Waals surface area contributed by atoms with Crippen LogP contribution in [0.4, 0.5) is 0 Å². The molecular formula is C50H38O2. The number of allylic oxidation sites excluding steroid dienone is 4. The molecule has 4 heterocycles. The average molecular weight is 671 g/mol.